The van der Waals surface area contributed by atoms with Crippen LogP contribution in [0, 0.1) is 0 Å². The maximum Gasteiger partial charge on any atom is 0.354 e. The minimum atomic E-state index is -0.727. The first-order valence-electron chi connectivity index (χ1n) is 5.16. The summed E-state index contributed by atoms with van der Waals surface area (Å²) in [7, 11) is 0. The third-order valence-electron chi connectivity index (χ3n) is 2.08. The number of anilines is 1. The van der Waals surface area contributed by atoms with Crippen molar-refractivity contribution in [2.45, 2.75) is 25.7 Å². The second kappa shape index (κ2) is 6.28. The van der Waals surface area contributed by atoms with E-state index in [1.54, 1.807) is 6.92 Å². The van der Waals surface area contributed by atoms with Gasteiger partial charge in [-0.15, -0.1) is 0 Å². The first kappa shape index (κ1) is 13.6. The largest absolute Gasteiger partial charge is 0.396 e. The lowest BCUT2D eigenvalue weighted by Gasteiger charge is -2.21. The van der Waals surface area contributed by atoms with E-state index in [9.17, 15) is 4.79 Å². The fraction of sp³-hybridized carbons (Fsp3) is 0.667. The standard InChI is InChI=1S/C9H16N4O4/c1-6(4-15)17-7(2-3-14)13-5-11-8(10)12-9(13)16/h5-7,14-15H,2-4H2,1H3,(H2,10,12,16)/t6?,7-/m1/s1. The molecule has 0 aliphatic carbocycles. The van der Waals surface area contributed by atoms with Crippen LogP contribution in [0.4, 0.5) is 5.95 Å². The molecule has 2 atom stereocenters. The Bertz CT molecular complexity index is 408. The topological polar surface area (TPSA) is 123 Å². The Morgan fingerprint density at radius 1 is 1.59 bits per heavy atom. The predicted molar refractivity (Wildman–Crippen MR) is 59.1 cm³/mol. The van der Waals surface area contributed by atoms with Crippen molar-refractivity contribution in [3.05, 3.63) is 16.8 Å². The zero-order valence-corrected chi connectivity index (χ0v) is 9.48. The van der Waals surface area contributed by atoms with Gasteiger partial charge in [0.15, 0.2) is 0 Å². The maximum absolute atomic E-state index is 11.5. The van der Waals surface area contributed by atoms with Crippen molar-refractivity contribution in [2.75, 3.05) is 18.9 Å². The first-order chi connectivity index (χ1) is 8.08. The molecule has 0 fully saturated rings. The van der Waals surface area contributed by atoms with Gasteiger partial charge in [-0.1, -0.05) is 0 Å². The summed E-state index contributed by atoms with van der Waals surface area (Å²) >= 11 is 0. The number of hydrogen-bond donors (Lipinski definition) is 3. The van der Waals surface area contributed by atoms with Gasteiger partial charge in [-0.25, -0.2) is 9.78 Å². The van der Waals surface area contributed by atoms with E-state index < -0.39 is 18.0 Å². The molecule has 0 saturated carbocycles. The predicted octanol–water partition coefficient (Wildman–Crippen LogP) is -1.50. The molecule has 0 amide bonds. The molecule has 8 heteroatoms. The van der Waals surface area contributed by atoms with Gasteiger partial charge >= 0.3 is 5.69 Å². The van der Waals surface area contributed by atoms with Gasteiger partial charge in [0.25, 0.3) is 0 Å². The summed E-state index contributed by atoms with van der Waals surface area (Å²) in [5, 5.41) is 17.8. The summed E-state index contributed by atoms with van der Waals surface area (Å²) < 4.78 is 6.50. The molecule has 1 aromatic heterocycles. The van der Waals surface area contributed by atoms with E-state index in [1.807, 2.05) is 0 Å². The number of aliphatic hydroxyl groups is 2. The molecule has 1 rings (SSSR count). The van der Waals surface area contributed by atoms with E-state index in [0.717, 1.165) is 4.57 Å². The van der Waals surface area contributed by atoms with Crippen LogP contribution in [0.1, 0.15) is 19.6 Å². The summed E-state index contributed by atoms with van der Waals surface area (Å²) in [5.41, 5.74) is 4.65. The van der Waals surface area contributed by atoms with E-state index in [4.69, 9.17) is 20.7 Å². The number of ether oxygens (including phenoxy) is 1. The van der Waals surface area contributed by atoms with Crippen LogP contribution in [0.15, 0.2) is 11.1 Å². The minimum Gasteiger partial charge on any atom is -0.396 e. The van der Waals surface area contributed by atoms with E-state index in [1.165, 1.54) is 6.33 Å². The zero-order valence-electron chi connectivity index (χ0n) is 9.48. The highest BCUT2D eigenvalue weighted by Gasteiger charge is 2.16. The van der Waals surface area contributed by atoms with E-state index in [2.05, 4.69) is 9.97 Å². The van der Waals surface area contributed by atoms with Gasteiger partial charge < -0.3 is 20.7 Å². The second-order valence-electron chi connectivity index (χ2n) is 3.50. The van der Waals surface area contributed by atoms with Crippen LogP contribution in [0.25, 0.3) is 0 Å². The Labute approximate surface area is 97.7 Å². The van der Waals surface area contributed by atoms with Crippen LogP contribution < -0.4 is 11.4 Å². The number of aliphatic hydroxyl groups excluding tert-OH is 2. The van der Waals surface area contributed by atoms with Crippen LogP contribution >= 0.6 is 0 Å². The third-order valence-corrected chi connectivity index (χ3v) is 2.08. The van der Waals surface area contributed by atoms with E-state index in [-0.39, 0.29) is 25.6 Å². The highest BCUT2D eigenvalue weighted by atomic mass is 16.5. The molecule has 0 aliphatic rings. The van der Waals surface area contributed by atoms with Crippen LogP contribution in [0.3, 0.4) is 0 Å². The summed E-state index contributed by atoms with van der Waals surface area (Å²) in [6, 6.07) is 0. The molecular formula is C9H16N4O4. The van der Waals surface area contributed by atoms with Crippen molar-refractivity contribution in [1.82, 2.24) is 14.5 Å². The summed E-state index contributed by atoms with van der Waals surface area (Å²) in [4.78, 5) is 18.7. The lowest BCUT2D eigenvalue weighted by molar-refractivity contribution is -0.0776. The highest BCUT2D eigenvalue weighted by Crippen LogP contribution is 2.12. The van der Waals surface area contributed by atoms with Crippen molar-refractivity contribution in [3.63, 3.8) is 0 Å². The molecule has 0 aromatic carbocycles. The number of nitrogens with zero attached hydrogens (tertiary/aromatic N) is 3. The van der Waals surface area contributed by atoms with Gasteiger partial charge in [0, 0.05) is 13.0 Å². The smallest absolute Gasteiger partial charge is 0.354 e. The normalized spacial score (nSPS) is 14.5. The van der Waals surface area contributed by atoms with Crippen molar-refractivity contribution in [3.8, 4) is 0 Å². The Balaban J connectivity index is 2.92. The number of nitrogens with two attached hydrogens (primary N) is 1. The maximum atomic E-state index is 11.5. The molecule has 4 N–H and O–H groups in total. The molecule has 17 heavy (non-hydrogen) atoms. The molecular weight excluding hydrogens is 228 g/mol. The summed E-state index contributed by atoms with van der Waals surface area (Å²) in [6.45, 7) is 1.29. The zero-order chi connectivity index (χ0) is 12.8. The molecule has 0 bridgehead atoms. The number of aromatic nitrogens is 3. The molecule has 0 spiro atoms. The minimum absolute atomic E-state index is 0.121. The Morgan fingerprint density at radius 2 is 2.29 bits per heavy atom. The van der Waals surface area contributed by atoms with Gasteiger partial charge in [0.2, 0.25) is 5.95 Å². The van der Waals surface area contributed by atoms with E-state index >= 15 is 0 Å². The van der Waals surface area contributed by atoms with Gasteiger partial charge in [-0.2, -0.15) is 4.98 Å². The Morgan fingerprint density at radius 3 is 2.82 bits per heavy atom. The van der Waals surface area contributed by atoms with Crippen molar-refractivity contribution < 1.29 is 14.9 Å². The van der Waals surface area contributed by atoms with E-state index in [0.29, 0.717) is 0 Å². The Hall–Kier alpha value is -1.51. The molecule has 1 unspecified atom stereocenters. The van der Waals surface area contributed by atoms with Gasteiger partial charge in [-0.3, -0.25) is 4.57 Å². The van der Waals surface area contributed by atoms with Gasteiger partial charge in [-0.05, 0) is 6.92 Å². The number of hydrogen-bond acceptors (Lipinski definition) is 7. The molecule has 8 nitrogen and oxygen atoms in total. The fourth-order valence-electron chi connectivity index (χ4n) is 1.25. The second-order valence-corrected chi connectivity index (χ2v) is 3.50. The lowest BCUT2D eigenvalue weighted by Crippen LogP contribution is -2.32. The highest BCUT2D eigenvalue weighted by molar-refractivity contribution is 5.09. The van der Waals surface area contributed by atoms with Crippen LogP contribution in [-0.4, -0.2) is 44.1 Å². The van der Waals surface area contributed by atoms with Crippen molar-refractivity contribution in [2.24, 2.45) is 0 Å². The van der Waals surface area contributed by atoms with Crippen molar-refractivity contribution >= 4 is 5.95 Å². The molecule has 0 saturated heterocycles. The van der Waals surface area contributed by atoms with Crippen molar-refractivity contribution in [1.29, 1.82) is 0 Å². The summed E-state index contributed by atoms with van der Waals surface area (Å²) in [5.74, 6) is -0.121. The first-order valence-corrected chi connectivity index (χ1v) is 5.16. The number of nitrogen functional groups attached to an aromatic ring is 1. The molecule has 1 aromatic rings. The van der Waals surface area contributed by atoms with Gasteiger partial charge in [0.05, 0.1) is 12.7 Å². The molecule has 96 valence electrons. The molecule has 0 aliphatic heterocycles. The summed E-state index contributed by atoms with van der Waals surface area (Å²) in [6.07, 6.45) is 0.207. The quantitative estimate of drug-likeness (QED) is 0.556. The number of rotatable bonds is 6. The SMILES string of the molecule is CC(CO)O[C@H](CCO)n1cnc(N)nc1=O. The van der Waals surface area contributed by atoms with Crippen LogP contribution in [0.2, 0.25) is 0 Å². The third kappa shape index (κ3) is 3.77. The Kier molecular flexibility index (Phi) is 5.01. The van der Waals surface area contributed by atoms with Gasteiger partial charge in [0.1, 0.15) is 12.6 Å². The van der Waals surface area contributed by atoms with Crippen LogP contribution in [0.5, 0.6) is 0 Å². The lowest BCUT2D eigenvalue weighted by atomic mass is 10.3. The average Bonchev–Trinajstić information content (AvgIpc) is 2.28. The fourth-order valence-corrected chi connectivity index (χ4v) is 1.25. The molecule has 1 heterocycles. The van der Waals surface area contributed by atoms with Crippen LogP contribution in [-0.2, 0) is 4.74 Å². The average molecular weight is 244 g/mol. The molecule has 0 radical (unpaired) electrons. The monoisotopic (exact) mass is 244 g/mol.